The number of imidazole rings is 1. The number of benzene rings is 2. The predicted octanol–water partition coefficient (Wildman–Crippen LogP) is 5.94. The molecular formula is C29H34N6O. The Kier molecular flexibility index (Phi) is 7.55. The number of rotatable bonds is 9. The van der Waals surface area contributed by atoms with Crippen LogP contribution in [-0.4, -0.2) is 29.8 Å². The third-order valence-corrected chi connectivity index (χ3v) is 7.22. The molecule has 186 valence electrons. The highest BCUT2D eigenvalue weighted by Gasteiger charge is 2.16. The number of nitrogens with zero attached hydrogens (tertiary/aromatic N) is 5. The number of H-pyrrole nitrogens is 1. The smallest absolute Gasteiger partial charge is 0.299 e. The highest BCUT2D eigenvalue weighted by atomic mass is 16.1. The molecule has 1 aliphatic carbocycles. The van der Waals surface area contributed by atoms with Crippen molar-refractivity contribution in [3.8, 4) is 22.5 Å². The van der Waals surface area contributed by atoms with E-state index in [1.54, 1.807) is 0 Å². The van der Waals surface area contributed by atoms with E-state index in [2.05, 4.69) is 70.0 Å². The number of hydrogen-bond acceptors (Lipinski definition) is 4. The van der Waals surface area contributed by atoms with E-state index in [1.807, 2.05) is 33.5 Å². The van der Waals surface area contributed by atoms with Gasteiger partial charge in [-0.2, -0.15) is 5.21 Å². The van der Waals surface area contributed by atoms with Crippen molar-refractivity contribution in [2.24, 2.45) is 5.92 Å². The average Bonchev–Trinajstić information content (AvgIpc) is 3.56. The second-order valence-electron chi connectivity index (χ2n) is 9.70. The van der Waals surface area contributed by atoms with Crippen molar-refractivity contribution >= 4 is 6.08 Å². The summed E-state index contributed by atoms with van der Waals surface area (Å²) in [5, 5.41) is 14.5. The van der Waals surface area contributed by atoms with Crippen molar-refractivity contribution in [3.05, 3.63) is 82.5 Å². The van der Waals surface area contributed by atoms with Crippen molar-refractivity contribution in [1.29, 1.82) is 0 Å². The van der Waals surface area contributed by atoms with Crippen LogP contribution in [0.1, 0.15) is 63.1 Å². The van der Waals surface area contributed by atoms with E-state index in [0.717, 1.165) is 53.3 Å². The third-order valence-electron chi connectivity index (χ3n) is 7.22. The SMILES string of the molecule is CCC=Cc1cn(CCC2CCCCC2)c(=O)n1Cc1ccc(-c2ccccc2-c2nn[nH]n2)cc1. The van der Waals surface area contributed by atoms with Crippen molar-refractivity contribution in [2.75, 3.05) is 0 Å². The molecule has 0 bridgehead atoms. The Hall–Kier alpha value is -3.74. The molecule has 7 nitrogen and oxygen atoms in total. The van der Waals surface area contributed by atoms with Gasteiger partial charge < -0.3 is 0 Å². The number of nitrogens with one attached hydrogen (secondary N) is 1. The molecule has 1 N–H and O–H groups in total. The quantitative estimate of drug-likeness (QED) is 0.320. The molecule has 2 aromatic heterocycles. The zero-order chi connectivity index (χ0) is 24.7. The Morgan fingerprint density at radius 3 is 2.53 bits per heavy atom. The molecule has 2 heterocycles. The van der Waals surface area contributed by atoms with Crippen LogP contribution in [0.15, 0.2) is 65.6 Å². The summed E-state index contributed by atoms with van der Waals surface area (Å²) in [4.78, 5) is 13.4. The summed E-state index contributed by atoms with van der Waals surface area (Å²) in [6, 6.07) is 16.4. The van der Waals surface area contributed by atoms with Crippen LogP contribution in [0.25, 0.3) is 28.6 Å². The van der Waals surface area contributed by atoms with Crippen molar-refractivity contribution < 1.29 is 0 Å². The molecule has 4 aromatic rings. The van der Waals surface area contributed by atoms with E-state index < -0.39 is 0 Å². The van der Waals surface area contributed by atoms with Gasteiger partial charge in [0.1, 0.15) is 0 Å². The van der Waals surface area contributed by atoms with Crippen molar-refractivity contribution in [2.45, 2.75) is 65.0 Å². The topological polar surface area (TPSA) is 81.4 Å². The van der Waals surface area contributed by atoms with E-state index >= 15 is 0 Å². The van der Waals surface area contributed by atoms with Crippen LogP contribution in [0, 0.1) is 5.92 Å². The molecule has 1 aliphatic rings. The van der Waals surface area contributed by atoms with Gasteiger partial charge in [0, 0.05) is 18.3 Å². The van der Waals surface area contributed by atoms with E-state index in [0.29, 0.717) is 12.4 Å². The number of aromatic amines is 1. The Labute approximate surface area is 211 Å². The Morgan fingerprint density at radius 2 is 1.81 bits per heavy atom. The van der Waals surface area contributed by atoms with Gasteiger partial charge in [0.2, 0.25) is 5.82 Å². The van der Waals surface area contributed by atoms with Crippen LogP contribution >= 0.6 is 0 Å². The summed E-state index contributed by atoms with van der Waals surface area (Å²) in [6.07, 6.45) is 14.9. The number of allylic oxidation sites excluding steroid dienone is 1. The molecule has 1 saturated carbocycles. The second-order valence-corrected chi connectivity index (χ2v) is 9.70. The monoisotopic (exact) mass is 482 g/mol. The first-order valence-corrected chi connectivity index (χ1v) is 13.1. The van der Waals surface area contributed by atoms with Crippen molar-refractivity contribution in [1.82, 2.24) is 29.8 Å². The molecular weight excluding hydrogens is 448 g/mol. The number of hydrogen-bond donors (Lipinski definition) is 1. The van der Waals surface area contributed by atoms with Crippen LogP contribution in [0.2, 0.25) is 0 Å². The molecule has 0 unspecified atom stereocenters. The first kappa shape index (κ1) is 24.0. The van der Waals surface area contributed by atoms with E-state index in [9.17, 15) is 4.79 Å². The van der Waals surface area contributed by atoms with E-state index in [1.165, 1.54) is 32.1 Å². The summed E-state index contributed by atoms with van der Waals surface area (Å²) < 4.78 is 3.81. The van der Waals surface area contributed by atoms with Gasteiger partial charge in [-0.1, -0.05) is 93.6 Å². The molecule has 2 aromatic carbocycles. The van der Waals surface area contributed by atoms with Crippen molar-refractivity contribution in [3.63, 3.8) is 0 Å². The lowest BCUT2D eigenvalue weighted by molar-refractivity contribution is 0.322. The molecule has 1 fully saturated rings. The van der Waals surface area contributed by atoms with Gasteiger partial charge in [0.15, 0.2) is 0 Å². The van der Waals surface area contributed by atoms with E-state index in [4.69, 9.17) is 0 Å². The van der Waals surface area contributed by atoms with Gasteiger partial charge in [0.25, 0.3) is 0 Å². The minimum Gasteiger partial charge on any atom is -0.299 e. The third kappa shape index (κ3) is 5.40. The van der Waals surface area contributed by atoms with Crippen LogP contribution in [0.4, 0.5) is 0 Å². The fourth-order valence-corrected chi connectivity index (χ4v) is 5.22. The van der Waals surface area contributed by atoms with Crippen LogP contribution in [0.5, 0.6) is 0 Å². The highest BCUT2D eigenvalue weighted by molar-refractivity contribution is 5.80. The number of aryl methyl sites for hydroxylation is 1. The lowest BCUT2D eigenvalue weighted by Gasteiger charge is -2.21. The van der Waals surface area contributed by atoms with Gasteiger partial charge in [-0.05, 0) is 46.7 Å². The van der Waals surface area contributed by atoms with Gasteiger partial charge >= 0.3 is 5.69 Å². The second kappa shape index (κ2) is 11.3. The number of tetrazole rings is 1. The van der Waals surface area contributed by atoms with Gasteiger partial charge in [-0.15, -0.1) is 10.2 Å². The Balaban J connectivity index is 1.37. The van der Waals surface area contributed by atoms with E-state index in [-0.39, 0.29) is 5.69 Å². The molecule has 0 spiro atoms. The molecule has 0 atom stereocenters. The normalized spacial score (nSPS) is 14.6. The lowest BCUT2D eigenvalue weighted by atomic mass is 9.87. The van der Waals surface area contributed by atoms with Crippen LogP contribution in [-0.2, 0) is 13.1 Å². The minimum absolute atomic E-state index is 0.0769. The minimum atomic E-state index is 0.0769. The largest absolute Gasteiger partial charge is 0.328 e. The van der Waals surface area contributed by atoms with Crippen LogP contribution in [0.3, 0.4) is 0 Å². The van der Waals surface area contributed by atoms with Gasteiger partial charge in [-0.25, -0.2) is 4.79 Å². The number of aromatic nitrogens is 6. The van der Waals surface area contributed by atoms with Gasteiger partial charge in [-0.3, -0.25) is 9.13 Å². The maximum absolute atomic E-state index is 13.4. The average molecular weight is 483 g/mol. The fraction of sp³-hybridized carbons (Fsp3) is 0.379. The zero-order valence-corrected chi connectivity index (χ0v) is 20.9. The molecule has 0 amide bonds. The molecule has 0 saturated heterocycles. The summed E-state index contributed by atoms with van der Waals surface area (Å²) >= 11 is 0. The molecule has 0 aliphatic heterocycles. The first-order valence-electron chi connectivity index (χ1n) is 13.1. The summed E-state index contributed by atoms with van der Waals surface area (Å²) in [5.74, 6) is 1.33. The lowest BCUT2D eigenvalue weighted by Crippen LogP contribution is -2.26. The fourth-order valence-electron chi connectivity index (χ4n) is 5.22. The zero-order valence-electron chi connectivity index (χ0n) is 20.9. The standard InChI is InChI=1S/C29H34N6O/c1-2-3-11-25-21-34(19-18-22-9-5-4-6-10-22)29(36)35(25)20-23-14-16-24(17-15-23)26-12-7-8-13-27(26)28-30-32-33-31-28/h3,7-8,11-17,21-22H,2,4-6,9-10,18-20H2,1H3,(H,30,31,32,33). The molecule has 0 radical (unpaired) electrons. The summed E-state index contributed by atoms with van der Waals surface area (Å²) in [5.41, 5.74) is 5.18. The maximum Gasteiger partial charge on any atom is 0.328 e. The summed E-state index contributed by atoms with van der Waals surface area (Å²) in [6.45, 7) is 3.46. The first-order chi connectivity index (χ1) is 17.7. The summed E-state index contributed by atoms with van der Waals surface area (Å²) in [7, 11) is 0. The maximum atomic E-state index is 13.4. The Morgan fingerprint density at radius 1 is 1.03 bits per heavy atom. The highest BCUT2D eigenvalue weighted by Crippen LogP contribution is 2.30. The molecule has 5 rings (SSSR count). The van der Waals surface area contributed by atoms with Crippen LogP contribution < -0.4 is 5.69 Å². The molecule has 7 heteroatoms. The predicted molar refractivity (Wildman–Crippen MR) is 143 cm³/mol. The molecule has 36 heavy (non-hydrogen) atoms. The Bertz CT molecular complexity index is 1340. The van der Waals surface area contributed by atoms with Gasteiger partial charge in [0.05, 0.1) is 12.2 Å².